The van der Waals surface area contributed by atoms with E-state index in [9.17, 15) is 4.79 Å². The fraction of sp³-hybridized carbons (Fsp3) is 0.462. The molecule has 16 heavy (non-hydrogen) atoms. The molecule has 0 saturated heterocycles. The Kier molecular flexibility index (Phi) is 3.44. The first-order chi connectivity index (χ1) is 7.81. The molecule has 0 bridgehead atoms. The summed E-state index contributed by atoms with van der Waals surface area (Å²) in [6, 6.07) is 8.49. The van der Waals surface area contributed by atoms with Gasteiger partial charge in [-0.25, -0.2) is 0 Å². The second-order valence-corrected chi connectivity index (χ2v) is 4.07. The lowest BCUT2D eigenvalue weighted by Gasteiger charge is -2.19. The highest BCUT2D eigenvalue weighted by molar-refractivity contribution is 5.75. The number of nitrogens with zero attached hydrogens (tertiary/aromatic N) is 1. The van der Waals surface area contributed by atoms with Crippen molar-refractivity contribution in [2.45, 2.75) is 19.8 Å². The van der Waals surface area contributed by atoms with Gasteiger partial charge in [0, 0.05) is 31.7 Å². The van der Waals surface area contributed by atoms with Gasteiger partial charge in [-0.05, 0) is 18.1 Å². The van der Waals surface area contributed by atoms with Gasteiger partial charge in [-0.15, -0.1) is 0 Å². The van der Waals surface area contributed by atoms with E-state index in [4.69, 9.17) is 0 Å². The third-order valence-corrected chi connectivity index (χ3v) is 3.01. The fourth-order valence-electron chi connectivity index (χ4n) is 2.09. The molecule has 3 heteroatoms. The van der Waals surface area contributed by atoms with E-state index in [0.717, 1.165) is 26.1 Å². The normalized spacial score (nSPS) is 13.7. The molecule has 86 valence electrons. The Morgan fingerprint density at radius 2 is 2.25 bits per heavy atom. The maximum atomic E-state index is 11.1. The van der Waals surface area contributed by atoms with Crippen LogP contribution in [-0.2, 0) is 11.2 Å². The number of benzene rings is 1. The maximum absolute atomic E-state index is 11.1. The number of para-hydroxylation sites is 1. The van der Waals surface area contributed by atoms with Gasteiger partial charge in [0.05, 0.1) is 0 Å². The Bertz CT molecular complexity index is 376. The lowest BCUT2D eigenvalue weighted by molar-refractivity contribution is -0.120. The van der Waals surface area contributed by atoms with E-state index in [0.29, 0.717) is 6.42 Å². The lowest BCUT2D eigenvalue weighted by atomic mass is 10.2. The summed E-state index contributed by atoms with van der Waals surface area (Å²) in [6.45, 7) is 4.59. The predicted octanol–water partition coefficient (Wildman–Crippen LogP) is 1.58. The van der Waals surface area contributed by atoms with Gasteiger partial charge >= 0.3 is 0 Å². The van der Waals surface area contributed by atoms with E-state index in [-0.39, 0.29) is 5.91 Å². The van der Waals surface area contributed by atoms with Crippen molar-refractivity contribution in [3.8, 4) is 0 Å². The molecule has 1 aromatic rings. The molecule has 0 unspecified atom stereocenters. The summed E-state index contributed by atoms with van der Waals surface area (Å²) in [4.78, 5) is 13.4. The molecule has 1 aromatic carbocycles. The van der Waals surface area contributed by atoms with E-state index >= 15 is 0 Å². The number of anilines is 1. The summed E-state index contributed by atoms with van der Waals surface area (Å²) in [5.74, 6) is 0.132. The second kappa shape index (κ2) is 5.01. The Labute approximate surface area is 96.5 Å². The van der Waals surface area contributed by atoms with Gasteiger partial charge in [-0.2, -0.15) is 0 Å². The van der Waals surface area contributed by atoms with Gasteiger partial charge in [-0.3, -0.25) is 4.79 Å². The van der Waals surface area contributed by atoms with Gasteiger partial charge < -0.3 is 10.2 Å². The highest BCUT2D eigenvalue weighted by Crippen LogP contribution is 2.26. The quantitative estimate of drug-likeness (QED) is 0.832. The van der Waals surface area contributed by atoms with E-state index in [1.165, 1.54) is 11.3 Å². The zero-order chi connectivity index (χ0) is 11.4. The molecule has 2 rings (SSSR count). The average Bonchev–Trinajstić information content (AvgIpc) is 2.73. The zero-order valence-electron chi connectivity index (χ0n) is 9.70. The van der Waals surface area contributed by atoms with Crippen LogP contribution >= 0.6 is 0 Å². The molecule has 1 N–H and O–H groups in total. The Balaban J connectivity index is 1.86. The molecule has 0 radical (unpaired) electrons. The van der Waals surface area contributed by atoms with E-state index in [2.05, 4.69) is 34.5 Å². The Morgan fingerprint density at radius 3 is 3.06 bits per heavy atom. The zero-order valence-corrected chi connectivity index (χ0v) is 9.70. The van der Waals surface area contributed by atoms with Gasteiger partial charge in [-0.1, -0.05) is 25.1 Å². The number of hydrogen-bond acceptors (Lipinski definition) is 2. The summed E-state index contributed by atoms with van der Waals surface area (Å²) in [5, 5.41) is 2.91. The highest BCUT2D eigenvalue weighted by atomic mass is 16.1. The van der Waals surface area contributed by atoms with Gasteiger partial charge in [0.1, 0.15) is 0 Å². The molecular weight excluding hydrogens is 200 g/mol. The number of hydrogen-bond donors (Lipinski definition) is 1. The molecule has 0 atom stereocenters. The first kappa shape index (κ1) is 11.0. The number of carbonyl (C=O) groups excluding carboxylic acids is 1. The van der Waals surface area contributed by atoms with Crippen molar-refractivity contribution >= 4 is 11.6 Å². The minimum atomic E-state index is 0.132. The van der Waals surface area contributed by atoms with Crippen LogP contribution in [0.15, 0.2) is 24.3 Å². The predicted molar refractivity (Wildman–Crippen MR) is 65.7 cm³/mol. The number of nitrogens with one attached hydrogen (secondary N) is 1. The summed E-state index contributed by atoms with van der Waals surface area (Å²) in [7, 11) is 0. The minimum Gasteiger partial charge on any atom is -0.369 e. The van der Waals surface area contributed by atoms with Gasteiger partial charge in [0.15, 0.2) is 0 Å². The Hall–Kier alpha value is -1.51. The van der Waals surface area contributed by atoms with Crippen LogP contribution in [0.3, 0.4) is 0 Å². The molecule has 1 amide bonds. The number of carbonyl (C=O) groups is 1. The minimum absolute atomic E-state index is 0.132. The highest BCUT2D eigenvalue weighted by Gasteiger charge is 2.17. The fourth-order valence-corrected chi connectivity index (χ4v) is 2.09. The van der Waals surface area contributed by atoms with Crippen LogP contribution < -0.4 is 10.2 Å². The largest absolute Gasteiger partial charge is 0.369 e. The average molecular weight is 218 g/mol. The third kappa shape index (κ3) is 2.35. The molecule has 0 aliphatic carbocycles. The summed E-state index contributed by atoms with van der Waals surface area (Å²) >= 11 is 0. The van der Waals surface area contributed by atoms with E-state index in [1.54, 1.807) is 0 Å². The van der Waals surface area contributed by atoms with Crippen molar-refractivity contribution in [3.63, 3.8) is 0 Å². The molecule has 0 fully saturated rings. The van der Waals surface area contributed by atoms with Crippen LogP contribution in [0.25, 0.3) is 0 Å². The van der Waals surface area contributed by atoms with Gasteiger partial charge in [0.2, 0.25) is 5.91 Å². The molecule has 0 saturated carbocycles. The van der Waals surface area contributed by atoms with Crippen molar-refractivity contribution in [1.29, 1.82) is 0 Å². The molecular formula is C13H18N2O. The van der Waals surface area contributed by atoms with Crippen molar-refractivity contribution in [2.24, 2.45) is 0 Å². The lowest BCUT2D eigenvalue weighted by Crippen LogP contribution is -2.33. The summed E-state index contributed by atoms with van der Waals surface area (Å²) < 4.78 is 0. The van der Waals surface area contributed by atoms with Crippen LogP contribution in [-0.4, -0.2) is 25.5 Å². The first-order valence-electron chi connectivity index (χ1n) is 5.91. The Morgan fingerprint density at radius 1 is 1.44 bits per heavy atom. The van der Waals surface area contributed by atoms with Crippen molar-refractivity contribution in [3.05, 3.63) is 29.8 Å². The second-order valence-electron chi connectivity index (χ2n) is 4.07. The van der Waals surface area contributed by atoms with Crippen molar-refractivity contribution < 1.29 is 4.79 Å². The molecule has 0 aromatic heterocycles. The molecule has 1 aliphatic heterocycles. The van der Waals surface area contributed by atoms with Crippen LogP contribution in [0.5, 0.6) is 0 Å². The van der Waals surface area contributed by atoms with Crippen LogP contribution in [0, 0.1) is 0 Å². The van der Waals surface area contributed by atoms with Crippen molar-refractivity contribution in [1.82, 2.24) is 5.32 Å². The molecule has 0 spiro atoms. The number of amides is 1. The number of rotatable bonds is 4. The summed E-state index contributed by atoms with van der Waals surface area (Å²) in [6.07, 6.45) is 1.69. The topological polar surface area (TPSA) is 32.3 Å². The maximum Gasteiger partial charge on any atom is 0.219 e. The van der Waals surface area contributed by atoms with E-state index in [1.807, 2.05) is 6.92 Å². The standard InChI is InChI=1S/C13H18N2O/c1-2-13(16)14-8-10-15-9-7-11-5-3-4-6-12(11)15/h3-6H,2,7-10H2,1H3,(H,14,16). The van der Waals surface area contributed by atoms with Crippen molar-refractivity contribution in [2.75, 3.05) is 24.5 Å². The van der Waals surface area contributed by atoms with E-state index < -0.39 is 0 Å². The SMILES string of the molecule is CCC(=O)NCCN1CCc2ccccc21. The monoisotopic (exact) mass is 218 g/mol. The molecule has 1 heterocycles. The smallest absolute Gasteiger partial charge is 0.219 e. The van der Waals surface area contributed by atoms with Crippen LogP contribution in [0.2, 0.25) is 0 Å². The van der Waals surface area contributed by atoms with Crippen LogP contribution in [0.1, 0.15) is 18.9 Å². The van der Waals surface area contributed by atoms with Crippen LogP contribution in [0.4, 0.5) is 5.69 Å². The molecule has 1 aliphatic rings. The molecule has 3 nitrogen and oxygen atoms in total. The van der Waals surface area contributed by atoms with Gasteiger partial charge in [0.25, 0.3) is 0 Å². The number of fused-ring (bicyclic) bond motifs is 1. The third-order valence-electron chi connectivity index (χ3n) is 3.01. The first-order valence-corrected chi connectivity index (χ1v) is 5.91. The summed E-state index contributed by atoms with van der Waals surface area (Å²) in [5.41, 5.74) is 2.75.